The molecule has 0 radical (unpaired) electrons. The summed E-state index contributed by atoms with van der Waals surface area (Å²) >= 11 is 0. The first-order valence-corrected chi connectivity index (χ1v) is 9.76. The number of Topliss-reactive ketones (excluding diaryl/α,β-unsaturated/α-hetero) is 1. The van der Waals surface area contributed by atoms with E-state index in [9.17, 15) is 9.18 Å². The number of hydrogen-bond acceptors (Lipinski definition) is 4. The molecule has 0 bridgehead atoms. The monoisotopic (exact) mass is 382 g/mol. The maximum Gasteiger partial charge on any atom is 0.212 e. The molecule has 4 nitrogen and oxygen atoms in total. The van der Waals surface area contributed by atoms with E-state index in [1.165, 1.54) is 17.7 Å². The molecule has 1 N–H and O–H groups in total. The van der Waals surface area contributed by atoms with Crippen LogP contribution in [0.2, 0.25) is 0 Å². The Morgan fingerprint density at radius 3 is 2.54 bits per heavy atom. The van der Waals surface area contributed by atoms with Crippen molar-refractivity contribution < 1.29 is 13.6 Å². The van der Waals surface area contributed by atoms with Crippen LogP contribution in [0.3, 0.4) is 0 Å². The summed E-state index contributed by atoms with van der Waals surface area (Å²) in [6, 6.07) is 14.8. The lowest BCUT2D eigenvalue weighted by atomic mass is 10.0. The van der Waals surface area contributed by atoms with Crippen molar-refractivity contribution in [3.63, 3.8) is 0 Å². The van der Waals surface area contributed by atoms with Gasteiger partial charge in [-0.3, -0.25) is 9.69 Å². The van der Waals surface area contributed by atoms with E-state index in [0.29, 0.717) is 28.8 Å². The molecular formula is C23H27FN2O2. The third-order valence-corrected chi connectivity index (χ3v) is 5.21. The van der Waals surface area contributed by atoms with Gasteiger partial charge in [0, 0.05) is 23.5 Å². The third-order valence-electron chi connectivity index (χ3n) is 5.21. The number of ketones is 1. The molecule has 1 heterocycles. The molecule has 0 aliphatic heterocycles. The second kappa shape index (κ2) is 9.13. The van der Waals surface area contributed by atoms with Crippen LogP contribution in [0.15, 0.2) is 52.9 Å². The lowest BCUT2D eigenvalue weighted by Crippen LogP contribution is -2.37. The lowest BCUT2D eigenvalue weighted by Gasteiger charge is -2.30. The molecule has 0 fully saturated rings. The van der Waals surface area contributed by atoms with Crippen LogP contribution in [-0.2, 0) is 0 Å². The van der Waals surface area contributed by atoms with Crippen LogP contribution in [-0.4, -0.2) is 36.9 Å². The van der Waals surface area contributed by atoms with E-state index < -0.39 is 0 Å². The van der Waals surface area contributed by atoms with Crippen LogP contribution >= 0.6 is 0 Å². The molecule has 0 aliphatic rings. The molecule has 2 aromatic carbocycles. The van der Waals surface area contributed by atoms with Gasteiger partial charge in [-0.1, -0.05) is 44.2 Å². The van der Waals surface area contributed by atoms with E-state index in [1.54, 1.807) is 13.0 Å². The molecule has 1 unspecified atom stereocenters. The highest BCUT2D eigenvalue weighted by atomic mass is 19.1. The average molecular weight is 382 g/mol. The number of halogens is 1. The highest BCUT2D eigenvalue weighted by molar-refractivity contribution is 6.01. The predicted molar refractivity (Wildman–Crippen MR) is 110 cm³/mol. The third kappa shape index (κ3) is 4.32. The second-order valence-corrected chi connectivity index (χ2v) is 6.90. The minimum Gasteiger partial charge on any atom is -0.453 e. The van der Waals surface area contributed by atoms with Crippen LogP contribution in [0.25, 0.3) is 11.0 Å². The van der Waals surface area contributed by atoms with Crippen molar-refractivity contribution in [1.29, 1.82) is 0 Å². The Morgan fingerprint density at radius 2 is 1.86 bits per heavy atom. The number of aryl methyl sites for hydroxylation is 1. The first kappa shape index (κ1) is 20.2. The minimum absolute atomic E-state index is 0.125. The molecular weight excluding hydrogens is 355 g/mol. The first-order chi connectivity index (χ1) is 13.5. The van der Waals surface area contributed by atoms with Gasteiger partial charge in [0.15, 0.2) is 5.76 Å². The zero-order chi connectivity index (χ0) is 20.1. The quantitative estimate of drug-likeness (QED) is 0.543. The van der Waals surface area contributed by atoms with Gasteiger partial charge in [-0.05, 0) is 43.8 Å². The number of carbonyl (C=O) groups is 1. The molecule has 0 saturated heterocycles. The summed E-state index contributed by atoms with van der Waals surface area (Å²) in [5, 5.41) is 3.94. The van der Waals surface area contributed by atoms with Crippen molar-refractivity contribution in [2.75, 3.05) is 26.2 Å². The highest BCUT2D eigenvalue weighted by Crippen LogP contribution is 2.26. The van der Waals surface area contributed by atoms with Gasteiger partial charge in [-0.25, -0.2) is 4.39 Å². The number of benzene rings is 2. The average Bonchev–Trinajstić information content (AvgIpc) is 3.04. The van der Waals surface area contributed by atoms with Crippen LogP contribution < -0.4 is 5.32 Å². The summed E-state index contributed by atoms with van der Waals surface area (Å²) in [4.78, 5) is 15.0. The molecule has 148 valence electrons. The van der Waals surface area contributed by atoms with Crippen LogP contribution in [0, 0.1) is 12.7 Å². The van der Waals surface area contributed by atoms with Gasteiger partial charge < -0.3 is 9.73 Å². The molecule has 3 aromatic rings. The standard InChI is InChI=1S/C23H27FN2O2/c1-4-26(5-2)20(17-9-7-6-8-10-17)14-25-15-21(27)23-16(3)19-13-18(24)11-12-22(19)28-23/h6-13,20,25H,4-5,14-15H2,1-3H3. The predicted octanol–water partition coefficient (Wildman–Crippen LogP) is 4.74. The Hall–Kier alpha value is -2.50. The largest absolute Gasteiger partial charge is 0.453 e. The molecule has 3 rings (SSSR count). The summed E-state index contributed by atoms with van der Waals surface area (Å²) in [5.74, 6) is -0.161. The SMILES string of the molecule is CCN(CC)C(CNCC(=O)c1oc2ccc(F)cc2c1C)c1ccccc1. The molecule has 5 heteroatoms. The van der Waals surface area contributed by atoms with Crippen molar-refractivity contribution in [2.24, 2.45) is 0 Å². The minimum atomic E-state index is -0.335. The van der Waals surface area contributed by atoms with Crippen LogP contribution in [0.4, 0.5) is 4.39 Å². The Bertz CT molecular complexity index is 932. The second-order valence-electron chi connectivity index (χ2n) is 6.90. The van der Waals surface area contributed by atoms with Crippen LogP contribution in [0.1, 0.15) is 41.6 Å². The number of nitrogens with one attached hydrogen (secondary N) is 1. The Labute approximate surface area is 165 Å². The number of furan rings is 1. The Kier molecular flexibility index (Phi) is 6.60. The smallest absolute Gasteiger partial charge is 0.212 e. The van der Waals surface area contributed by atoms with E-state index in [1.807, 2.05) is 18.2 Å². The van der Waals surface area contributed by atoms with Gasteiger partial charge in [0.1, 0.15) is 11.4 Å². The number of likely N-dealkylation sites (N-methyl/N-ethyl adjacent to an activating group) is 1. The van der Waals surface area contributed by atoms with Gasteiger partial charge in [0.25, 0.3) is 0 Å². The summed E-state index contributed by atoms with van der Waals surface area (Å²) in [7, 11) is 0. The fourth-order valence-electron chi connectivity index (χ4n) is 3.66. The van der Waals surface area contributed by atoms with E-state index in [-0.39, 0.29) is 24.2 Å². The molecule has 1 atom stereocenters. The van der Waals surface area contributed by atoms with Crippen molar-refractivity contribution in [3.8, 4) is 0 Å². The van der Waals surface area contributed by atoms with E-state index in [4.69, 9.17) is 4.42 Å². The van der Waals surface area contributed by atoms with Gasteiger partial charge in [0.2, 0.25) is 5.78 Å². The molecule has 1 aromatic heterocycles. The summed E-state index contributed by atoms with van der Waals surface area (Å²) in [6.07, 6.45) is 0. The topological polar surface area (TPSA) is 45.5 Å². The Morgan fingerprint density at radius 1 is 1.14 bits per heavy atom. The summed E-state index contributed by atoms with van der Waals surface area (Å²) < 4.78 is 19.2. The number of rotatable bonds is 9. The van der Waals surface area contributed by atoms with Crippen LogP contribution in [0.5, 0.6) is 0 Å². The number of fused-ring (bicyclic) bond motifs is 1. The summed E-state index contributed by atoms with van der Waals surface area (Å²) in [5.41, 5.74) is 2.44. The fourth-order valence-corrected chi connectivity index (χ4v) is 3.66. The zero-order valence-electron chi connectivity index (χ0n) is 16.7. The van der Waals surface area contributed by atoms with Gasteiger partial charge in [-0.15, -0.1) is 0 Å². The summed E-state index contributed by atoms with van der Waals surface area (Å²) in [6.45, 7) is 8.77. The van der Waals surface area contributed by atoms with Crippen molar-refractivity contribution in [1.82, 2.24) is 10.2 Å². The van der Waals surface area contributed by atoms with Crippen molar-refractivity contribution in [3.05, 3.63) is 71.2 Å². The Balaban J connectivity index is 1.70. The zero-order valence-corrected chi connectivity index (χ0v) is 16.7. The lowest BCUT2D eigenvalue weighted by molar-refractivity contribution is 0.0961. The van der Waals surface area contributed by atoms with Gasteiger partial charge in [0.05, 0.1) is 6.54 Å². The number of hydrogen-bond donors (Lipinski definition) is 1. The van der Waals surface area contributed by atoms with Gasteiger partial charge in [-0.2, -0.15) is 0 Å². The fraction of sp³-hybridized carbons (Fsp3) is 0.348. The molecule has 0 aliphatic carbocycles. The number of carbonyl (C=O) groups excluding carboxylic acids is 1. The van der Waals surface area contributed by atoms with E-state index in [0.717, 1.165) is 13.1 Å². The van der Waals surface area contributed by atoms with E-state index >= 15 is 0 Å². The first-order valence-electron chi connectivity index (χ1n) is 9.76. The van der Waals surface area contributed by atoms with Gasteiger partial charge >= 0.3 is 0 Å². The number of nitrogens with zero attached hydrogens (tertiary/aromatic N) is 1. The molecule has 0 amide bonds. The molecule has 0 spiro atoms. The maximum atomic E-state index is 13.5. The van der Waals surface area contributed by atoms with E-state index in [2.05, 4.69) is 36.2 Å². The molecule has 28 heavy (non-hydrogen) atoms. The maximum absolute atomic E-state index is 13.5. The molecule has 0 saturated carbocycles. The highest BCUT2D eigenvalue weighted by Gasteiger charge is 2.20. The normalized spacial score (nSPS) is 12.6. The van der Waals surface area contributed by atoms with Crippen molar-refractivity contribution >= 4 is 16.8 Å². The van der Waals surface area contributed by atoms with Crippen molar-refractivity contribution in [2.45, 2.75) is 26.8 Å².